The van der Waals surface area contributed by atoms with Gasteiger partial charge in [-0.1, -0.05) is 54.1 Å². The van der Waals surface area contributed by atoms with Gasteiger partial charge in [0.15, 0.2) is 11.6 Å². The summed E-state index contributed by atoms with van der Waals surface area (Å²) in [7, 11) is 0. The number of hydrogen-bond donors (Lipinski definition) is 0. The topological polar surface area (TPSA) is 118 Å². The number of benzene rings is 3. The summed E-state index contributed by atoms with van der Waals surface area (Å²) in [6.45, 7) is 0. The number of halogens is 1. The van der Waals surface area contributed by atoms with Gasteiger partial charge in [0.2, 0.25) is 11.8 Å². The van der Waals surface area contributed by atoms with Crippen molar-refractivity contribution in [3.63, 3.8) is 0 Å². The average Bonchev–Trinajstić information content (AvgIpc) is 3.44. The van der Waals surface area contributed by atoms with Crippen molar-refractivity contribution in [3.8, 4) is 0 Å². The minimum Gasteiger partial charge on any atom is -0.359 e. The summed E-state index contributed by atoms with van der Waals surface area (Å²) in [4.78, 5) is 68.2. The summed E-state index contributed by atoms with van der Waals surface area (Å²) < 4.78 is 0. The van der Waals surface area contributed by atoms with Gasteiger partial charge in [-0.05, 0) is 36.4 Å². The van der Waals surface area contributed by atoms with E-state index >= 15 is 0 Å². The SMILES string of the molecule is O=C(C1=C[C@@H]2[C@@H]3C(=O)N(c4cccc([N+](=O)[O-])c4)C(=O)[C@@H]3[C@@H](C(=O)c3ccc(Cl)cc3)N2C=C1)c1ccccc1. The number of amides is 2. The number of non-ortho nitro benzene ring substituents is 1. The molecule has 0 aromatic heterocycles. The fourth-order valence-electron chi connectivity index (χ4n) is 5.74. The molecule has 0 bridgehead atoms. The van der Waals surface area contributed by atoms with Crippen LogP contribution in [0.2, 0.25) is 5.02 Å². The molecule has 0 N–H and O–H groups in total. The smallest absolute Gasteiger partial charge is 0.271 e. The number of fused-ring (bicyclic) bond motifs is 3. The highest BCUT2D eigenvalue weighted by atomic mass is 35.5. The molecule has 3 aromatic carbocycles. The number of nitro benzene ring substituents is 1. The van der Waals surface area contributed by atoms with Gasteiger partial charge in [0.05, 0.1) is 28.5 Å². The minimum absolute atomic E-state index is 0.0544. The van der Waals surface area contributed by atoms with Crippen molar-refractivity contribution in [2.24, 2.45) is 11.8 Å². The van der Waals surface area contributed by atoms with Crippen molar-refractivity contribution >= 4 is 46.4 Å². The van der Waals surface area contributed by atoms with Crippen LogP contribution in [0.3, 0.4) is 0 Å². The molecule has 0 saturated carbocycles. The number of Topliss-reactive ketones (excluding diaryl/α,β-unsaturated/α-hetero) is 2. The number of carbonyl (C=O) groups excluding carboxylic acids is 4. The Morgan fingerprint density at radius 1 is 0.850 bits per heavy atom. The van der Waals surface area contributed by atoms with Crippen LogP contribution >= 0.6 is 11.6 Å². The predicted octanol–water partition coefficient (Wildman–Crippen LogP) is 4.63. The van der Waals surface area contributed by atoms with Crippen LogP contribution in [0.25, 0.3) is 0 Å². The second-order valence-corrected chi connectivity index (χ2v) is 10.2. The van der Waals surface area contributed by atoms with E-state index in [9.17, 15) is 29.3 Å². The lowest BCUT2D eigenvalue weighted by Gasteiger charge is -2.32. The van der Waals surface area contributed by atoms with Gasteiger partial charge in [-0.3, -0.25) is 29.3 Å². The van der Waals surface area contributed by atoms with E-state index in [2.05, 4.69) is 0 Å². The maximum absolute atomic E-state index is 13.9. The normalized spacial score (nSPS) is 23.1. The van der Waals surface area contributed by atoms with Crippen molar-refractivity contribution in [1.29, 1.82) is 0 Å². The fraction of sp³-hybridized carbons (Fsp3) is 0.133. The standard InChI is InChI=1S/C30H20ClN3O6/c31-20-11-9-18(10-12-20)28(36)26-25-24(29(37)33(30(25)38)21-7-4-8-22(16-21)34(39)40)23-15-19(13-14-32(23)26)27(35)17-5-2-1-3-6-17/h1-16,23-26H/t23-,24+,25+,26+/m1/s1. The Morgan fingerprint density at radius 2 is 1.55 bits per heavy atom. The monoisotopic (exact) mass is 553 g/mol. The summed E-state index contributed by atoms with van der Waals surface area (Å²) in [5, 5.41) is 11.8. The first-order valence-electron chi connectivity index (χ1n) is 12.5. The minimum atomic E-state index is -1.08. The zero-order valence-corrected chi connectivity index (χ0v) is 21.5. The molecule has 2 amide bonds. The Labute approximate surface area is 233 Å². The lowest BCUT2D eigenvalue weighted by Crippen LogP contribution is -2.46. The maximum atomic E-state index is 13.9. The van der Waals surface area contributed by atoms with E-state index in [0.717, 1.165) is 11.0 Å². The van der Waals surface area contributed by atoms with Crippen molar-refractivity contribution in [1.82, 2.24) is 4.90 Å². The second kappa shape index (κ2) is 9.69. The lowest BCUT2D eigenvalue weighted by molar-refractivity contribution is -0.384. The zero-order chi connectivity index (χ0) is 28.1. The maximum Gasteiger partial charge on any atom is 0.271 e. The molecule has 3 heterocycles. The summed E-state index contributed by atoms with van der Waals surface area (Å²) >= 11 is 6.01. The van der Waals surface area contributed by atoms with Gasteiger partial charge in [0.1, 0.15) is 6.04 Å². The third-order valence-corrected chi connectivity index (χ3v) is 7.79. The predicted molar refractivity (Wildman–Crippen MR) is 146 cm³/mol. The Morgan fingerprint density at radius 3 is 2.25 bits per heavy atom. The van der Waals surface area contributed by atoms with E-state index in [-0.39, 0.29) is 22.9 Å². The van der Waals surface area contributed by atoms with Crippen LogP contribution in [-0.2, 0) is 9.59 Å². The molecule has 0 unspecified atom stereocenters. The molecule has 0 aliphatic carbocycles. The van der Waals surface area contributed by atoms with Gasteiger partial charge < -0.3 is 4.90 Å². The van der Waals surface area contributed by atoms with Crippen molar-refractivity contribution in [2.45, 2.75) is 12.1 Å². The van der Waals surface area contributed by atoms with Crippen LogP contribution in [0.15, 0.2) is 103 Å². The summed E-state index contributed by atoms with van der Waals surface area (Å²) in [5.74, 6) is -3.92. The van der Waals surface area contributed by atoms with E-state index in [4.69, 9.17) is 11.6 Å². The molecule has 2 saturated heterocycles. The quantitative estimate of drug-likeness (QED) is 0.189. The highest BCUT2D eigenvalue weighted by Crippen LogP contribution is 2.47. The number of ketones is 2. The molecule has 3 aliphatic heterocycles. The van der Waals surface area contributed by atoms with Crippen molar-refractivity contribution < 1.29 is 24.1 Å². The van der Waals surface area contributed by atoms with Gasteiger partial charge in [-0.2, -0.15) is 0 Å². The molecule has 0 spiro atoms. The number of nitro groups is 1. The molecule has 2 fully saturated rings. The van der Waals surface area contributed by atoms with E-state index in [1.54, 1.807) is 77.8 Å². The largest absolute Gasteiger partial charge is 0.359 e. The Balaban J connectivity index is 1.44. The highest BCUT2D eigenvalue weighted by molar-refractivity contribution is 6.30. The zero-order valence-electron chi connectivity index (χ0n) is 20.7. The van der Waals surface area contributed by atoms with Gasteiger partial charge in [-0.25, -0.2) is 4.90 Å². The van der Waals surface area contributed by atoms with Gasteiger partial charge in [0, 0.05) is 40.1 Å². The molecule has 4 atom stereocenters. The van der Waals surface area contributed by atoms with Gasteiger partial charge >= 0.3 is 0 Å². The first-order chi connectivity index (χ1) is 19.3. The van der Waals surface area contributed by atoms with E-state index in [1.807, 2.05) is 0 Å². The first-order valence-corrected chi connectivity index (χ1v) is 12.8. The molecule has 6 rings (SSSR count). The summed E-state index contributed by atoms with van der Waals surface area (Å²) in [5.41, 5.74) is 0.883. The number of anilines is 1. The Hall–Kier alpha value is -4.89. The van der Waals surface area contributed by atoms with Crippen LogP contribution in [0.1, 0.15) is 20.7 Å². The third-order valence-electron chi connectivity index (χ3n) is 7.54. The Kier molecular flexibility index (Phi) is 6.15. The van der Waals surface area contributed by atoms with E-state index < -0.39 is 40.7 Å². The number of carbonyl (C=O) groups is 4. The highest BCUT2D eigenvalue weighted by Gasteiger charge is 2.63. The van der Waals surface area contributed by atoms with Crippen LogP contribution < -0.4 is 4.90 Å². The average molecular weight is 554 g/mol. The van der Waals surface area contributed by atoms with Crippen LogP contribution in [-0.4, -0.2) is 45.3 Å². The molecule has 198 valence electrons. The Bertz CT molecular complexity index is 1650. The number of hydrogen-bond acceptors (Lipinski definition) is 7. The van der Waals surface area contributed by atoms with Crippen LogP contribution in [0.4, 0.5) is 11.4 Å². The summed E-state index contributed by atoms with van der Waals surface area (Å²) in [6, 6.07) is 18.3. The number of nitrogens with zero attached hydrogens (tertiary/aromatic N) is 3. The lowest BCUT2D eigenvalue weighted by atomic mass is 9.85. The fourth-order valence-corrected chi connectivity index (χ4v) is 5.87. The van der Waals surface area contributed by atoms with E-state index in [1.165, 1.54) is 18.2 Å². The van der Waals surface area contributed by atoms with Crippen molar-refractivity contribution in [2.75, 3.05) is 4.90 Å². The molecule has 40 heavy (non-hydrogen) atoms. The van der Waals surface area contributed by atoms with Gasteiger partial charge in [0.25, 0.3) is 5.69 Å². The molecule has 9 nitrogen and oxygen atoms in total. The molecular weight excluding hydrogens is 534 g/mol. The second-order valence-electron chi connectivity index (χ2n) is 9.73. The first kappa shape index (κ1) is 25.4. The van der Waals surface area contributed by atoms with Gasteiger partial charge in [-0.15, -0.1) is 0 Å². The number of rotatable bonds is 6. The molecule has 3 aromatic rings. The van der Waals surface area contributed by atoms with Crippen molar-refractivity contribution in [3.05, 3.63) is 129 Å². The molecule has 0 radical (unpaired) electrons. The van der Waals surface area contributed by atoms with Crippen LogP contribution in [0, 0.1) is 22.0 Å². The van der Waals surface area contributed by atoms with E-state index in [0.29, 0.717) is 21.7 Å². The number of imide groups is 1. The molecular formula is C30H20ClN3O6. The molecule has 10 heteroatoms. The van der Waals surface area contributed by atoms with Crippen LogP contribution in [0.5, 0.6) is 0 Å². The molecule has 3 aliphatic rings. The summed E-state index contributed by atoms with van der Waals surface area (Å²) in [6.07, 6.45) is 4.81. The third kappa shape index (κ3) is 4.02. The number of allylic oxidation sites excluding steroid dienone is 2.